The monoisotopic (exact) mass is 500 g/mol. The van der Waals surface area contributed by atoms with Crippen molar-refractivity contribution in [2.75, 3.05) is 5.32 Å². The second kappa shape index (κ2) is 8.60. The number of amides is 1. The van der Waals surface area contributed by atoms with Crippen LogP contribution in [-0.2, 0) is 0 Å². The molecule has 0 radical (unpaired) electrons. The van der Waals surface area contributed by atoms with Crippen molar-refractivity contribution < 1.29 is 4.79 Å². The molecule has 0 bridgehead atoms. The van der Waals surface area contributed by atoms with Gasteiger partial charge in [0, 0.05) is 15.7 Å². The summed E-state index contributed by atoms with van der Waals surface area (Å²) in [6, 6.07) is 20.2. The van der Waals surface area contributed by atoms with Crippen LogP contribution in [0.25, 0.3) is 17.1 Å². The Morgan fingerprint density at radius 1 is 1.00 bits per heavy atom. The lowest BCUT2D eigenvalue weighted by atomic mass is 10.1. The highest BCUT2D eigenvalue weighted by molar-refractivity contribution is 9.10. The van der Waals surface area contributed by atoms with E-state index in [1.165, 1.54) is 0 Å². The second-order valence-corrected chi connectivity index (χ2v) is 8.33. The van der Waals surface area contributed by atoms with Crippen LogP contribution in [0.15, 0.2) is 71.2 Å². The summed E-state index contributed by atoms with van der Waals surface area (Å²) in [7, 11) is 0. The molecule has 1 amide bonds. The molecule has 0 aliphatic rings. The number of benzene rings is 3. The van der Waals surface area contributed by atoms with Gasteiger partial charge in [0.25, 0.3) is 5.91 Å². The summed E-state index contributed by atoms with van der Waals surface area (Å²) in [4.78, 5) is 17.3. The number of anilines is 1. The summed E-state index contributed by atoms with van der Waals surface area (Å²) in [6.45, 7) is 1.99. The van der Waals surface area contributed by atoms with Gasteiger partial charge in [-0.05, 0) is 55.5 Å². The van der Waals surface area contributed by atoms with E-state index in [1.807, 2.05) is 43.3 Å². The third kappa shape index (κ3) is 4.41. The van der Waals surface area contributed by atoms with Gasteiger partial charge in [-0.25, -0.2) is 9.67 Å². The first-order valence-corrected chi connectivity index (χ1v) is 10.5. The third-order valence-electron chi connectivity index (χ3n) is 4.34. The lowest BCUT2D eigenvalue weighted by Crippen LogP contribution is -2.14. The van der Waals surface area contributed by atoms with Gasteiger partial charge in [-0.15, -0.1) is 5.10 Å². The number of nitrogens with one attached hydrogen (secondary N) is 1. The Labute approximate surface area is 191 Å². The van der Waals surface area contributed by atoms with E-state index in [9.17, 15) is 4.79 Å². The molecule has 30 heavy (non-hydrogen) atoms. The minimum absolute atomic E-state index is 0.0421. The fraction of sp³-hybridized carbons (Fsp3) is 0.0455. The van der Waals surface area contributed by atoms with E-state index in [0.717, 1.165) is 15.6 Å². The normalized spacial score (nSPS) is 10.8. The number of hydrogen-bond acceptors (Lipinski definition) is 3. The van der Waals surface area contributed by atoms with Crippen molar-refractivity contribution in [2.45, 2.75) is 6.92 Å². The van der Waals surface area contributed by atoms with Crippen molar-refractivity contribution in [1.29, 1.82) is 0 Å². The van der Waals surface area contributed by atoms with Crippen molar-refractivity contribution in [2.24, 2.45) is 0 Å². The van der Waals surface area contributed by atoms with E-state index in [-0.39, 0.29) is 5.82 Å². The van der Waals surface area contributed by atoms with Crippen molar-refractivity contribution >= 4 is 50.7 Å². The number of hydrogen-bond donors (Lipinski definition) is 1. The summed E-state index contributed by atoms with van der Waals surface area (Å²) < 4.78 is 2.51. The number of halogens is 3. The van der Waals surface area contributed by atoms with Crippen LogP contribution in [0.1, 0.15) is 16.2 Å². The van der Waals surface area contributed by atoms with Crippen LogP contribution in [0.5, 0.6) is 0 Å². The molecule has 4 rings (SSSR count). The van der Waals surface area contributed by atoms with Gasteiger partial charge in [-0.3, -0.25) is 4.79 Å². The number of carbonyl (C=O) groups is 1. The SMILES string of the molecule is Cc1cccc(-c2nc(C(=O)Nc3ccc(Br)cc3)nn2-c2ccc(Cl)c(Cl)c2)c1. The molecule has 0 aliphatic heterocycles. The number of carbonyl (C=O) groups excluding carboxylic acids is 1. The quantitative estimate of drug-likeness (QED) is 0.344. The lowest BCUT2D eigenvalue weighted by Gasteiger charge is -2.07. The molecular weight excluding hydrogens is 487 g/mol. The van der Waals surface area contributed by atoms with Gasteiger partial charge in [0.15, 0.2) is 5.82 Å². The minimum Gasteiger partial charge on any atom is -0.319 e. The molecule has 0 atom stereocenters. The maximum absolute atomic E-state index is 12.8. The van der Waals surface area contributed by atoms with Crippen LogP contribution >= 0.6 is 39.1 Å². The smallest absolute Gasteiger partial charge is 0.295 e. The van der Waals surface area contributed by atoms with Gasteiger partial charge < -0.3 is 5.32 Å². The molecule has 4 aromatic rings. The molecule has 0 saturated heterocycles. The first-order valence-electron chi connectivity index (χ1n) is 8.97. The Balaban J connectivity index is 1.77. The van der Waals surface area contributed by atoms with Gasteiger partial charge in [0.1, 0.15) is 0 Å². The van der Waals surface area contributed by atoms with Crippen molar-refractivity contribution in [3.8, 4) is 17.1 Å². The number of nitrogens with zero attached hydrogens (tertiary/aromatic N) is 3. The molecule has 0 fully saturated rings. The van der Waals surface area contributed by atoms with Gasteiger partial charge in [-0.1, -0.05) is 62.9 Å². The Bertz CT molecular complexity index is 1240. The fourth-order valence-electron chi connectivity index (χ4n) is 2.90. The predicted molar refractivity (Wildman–Crippen MR) is 124 cm³/mol. The summed E-state index contributed by atoms with van der Waals surface area (Å²) in [6.07, 6.45) is 0. The molecule has 1 heterocycles. The topological polar surface area (TPSA) is 59.8 Å². The van der Waals surface area contributed by atoms with Crippen LogP contribution in [0.4, 0.5) is 5.69 Å². The molecule has 1 aromatic heterocycles. The van der Waals surface area contributed by atoms with Crippen molar-refractivity contribution in [1.82, 2.24) is 14.8 Å². The van der Waals surface area contributed by atoms with E-state index >= 15 is 0 Å². The number of aryl methyl sites for hydroxylation is 1. The summed E-state index contributed by atoms with van der Waals surface area (Å²) in [5, 5.41) is 8.09. The number of aromatic nitrogens is 3. The van der Waals surface area contributed by atoms with Crippen LogP contribution in [0, 0.1) is 6.92 Å². The maximum Gasteiger partial charge on any atom is 0.295 e. The van der Waals surface area contributed by atoms with E-state index in [2.05, 4.69) is 31.3 Å². The molecule has 3 aromatic carbocycles. The molecular formula is C22H15BrCl2N4O. The lowest BCUT2D eigenvalue weighted by molar-refractivity contribution is 0.101. The van der Waals surface area contributed by atoms with Gasteiger partial charge in [0.2, 0.25) is 5.82 Å². The van der Waals surface area contributed by atoms with Crippen LogP contribution in [0.3, 0.4) is 0 Å². The molecule has 0 aliphatic carbocycles. The van der Waals surface area contributed by atoms with Gasteiger partial charge in [-0.2, -0.15) is 0 Å². The highest BCUT2D eigenvalue weighted by atomic mass is 79.9. The predicted octanol–water partition coefficient (Wildman–Crippen LogP) is 6.56. The maximum atomic E-state index is 12.8. The zero-order valence-corrected chi connectivity index (χ0v) is 18.8. The molecule has 0 saturated carbocycles. The zero-order valence-electron chi connectivity index (χ0n) is 15.7. The second-order valence-electron chi connectivity index (χ2n) is 6.60. The van der Waals surface area contributed by atoms with Crippen LogP contribution in [-0.4, -0.2) is 20.7 Å². The van der Waals surface area contributed by atoms with E-state index in [4.69, 9.17) is 23.2 Å². The Hall–Kier alpha value is -2.67. The molecule has 0 unspecified atom stereocenters. The number of rotatable bonds is 4. The van der Waals surface area contributed by atoms with Crippen molar-refractivity contribution in [3.63, 3.8) is 0 Å². The van der Waals surface area contributed by atoms with E-state index in [1.54, 1.807) is 35.0 Å². The highest BCUT2D eigenvalue weighted by Crippen LogP contribution is 2.28. The van der Waals surface area contributed by atoms with Gasteiger partial charge in [0.05, 0.1) is 15.7 Å². The Morgan fingerprint density at radius 3 is 2.47 bits per heavy atom. The third-order valence-corrected chi connectivity index (χ3v) is 5.60. The first-order chi connectivity index (χ1) is 14.4. The molecule has 150 valence electrons. The summed E-state index contributed by atoms with van der Waals surface area (Å²) >= 11 is 15.6. The van der Waals surface area contributed by atoms with Gasteiger partial charge >= 0.3 is 0 Å². The zero-order chi connectivity index (χ0) is 21.3. The summed E-state index contributed by atoms with van der Waals surface area (Å²) in [5.41, 5.74) is 3.19. The highest BCUT2D eigenvalue weighted by Gasteiger charge is 2.19. The fourth-order valence-corrected chi connectivity index (χ4v) is 3.45. The Morgan fingerprint density at radius 2 is 1.77 bits per heavy atom. The molecule has 8 heteroatoms. The van der Waals surface area contributed by atoms with E-state index in [0.29, 0.717) is 27.2 Å². The average molecular weight is 502 g/mol. The Kier molecular flexibility index (Phi) is 5.90. The molecule has 1 N–H and O–H groups in total. The summed E-state index contributed by atoms with van der Waals surface area (Å²) in [5.74, 6) is 0.156. The minimum atomic E-state index is -0.412. The standard InChI is InChI=1S/C22H15BrCl2N4O/c1-13-3-2-4-14(11-13)21-27-20(22(30)26-16-7-5-15(23)6-8-16)28-29(21)17-9-10-18(24)19(25)12-17/h2-12H,1H3,(H,26,30). The molecule has 0 spiro atoms. The molecule has 5 nitrogen and oxygen atoms in total. The van der Waals surface area contributed by atoms with E-state index < -0.39 is 5.91 Å². The average Bonchev–Trinajstić information content (AvgIpc) is 3.17. The largest absolute Gasteiger partial charge is 0.319 e. The first kappa shape index (κ1) is 20.6. The van der Waals surface area contributed by atoms with Crippen LogP contribution in [0.2, 0.25) is 10.0 Å². The van der Waals surface area contributed by atoms with Crippen molar-refractivity contribution in [3.05, 3.63) is 92.6 Å². The van der Waals surface area contributed by atoms with Crippen LogP contribution < -0.4 is 5.32 Å².